The summed E-state index contributed by atoms with van der Waals surface area (Å²) in [4.78, 5) is 14.5. The lowest BCUT2D eigenvalue weighted by Crippen LogP contribution is -2.33. The number of amides is 1. The van der Waals surface area contributed by atoms with Crippen LogP contribution in [0.1, 0.15) is 51.2 Å². The van der Waals surface area contributed by atoms with Crippen molar-refractivity contribution in [3.63, 3.8) is 0 Å². The zero-order valence-corrected chi connectivity index (χ0v) is 15.9. The molecule has 1 aromatic carbocycles. The van der Waals surface area contributed by atoms with Crippen molar-refractivity contribution in [3.8, 4) is 0 Å². The number of hydrogen-bond donors (Lipinski definition) is 1. The minimum Gasteiger partial charge on any atom is -0.342 e. The van der Waals surface area contributed by atoms with Gasteiger partial charge in [0.05, 0.1) is 0 Å². The van der Waals surface area contributed by atoms with E-state index < -0.39 is 0 Å². The van der Waals surface area contributed by atoms with E-state index in [0.29, 0.717) is 30.2 Å². The van der Waals surface area contributed by atoms with Crippen molar-refractivity contribution < 1.29 is 4.79 Å². The van der Waals surface area contributed by atoms with Gasteiger partial charge >= 0.3 is 0 Å². The first-order chi connectivity index (χ1) is 10.8. The number of nitrogens with two attached hydrogens (primary N) is 1. The fraction of sp³-hybridized carbons (Fsp3) is 0.650. The van der Waals surface area contributed by atoms with E-state index in [1.807, 2.05) is 0 Å². The molecular weight excluding hydrogens is 320 g/mol. The predicted octanol–water partition coefficient (Wildman–Crippen LogP) is 3.53. The monoisotopic (exact) mass is 350 g/mol. The fourth-order valence-corrected chi connectivity index (χ4v) is 4.09. The number of carbonyl (C=O) groups is 1. The molecule has 0 bridgehead atoms. The van der Waals surface area contributed by atoms with Gasteiger partial charge in [0.25, 0.3) is 0 Å². The maximum absolute atomic E-state index is 12.5. The average Bonchev–Trinajstić information content (AvgIpc) is 3.07. The van der Waals surface area contributed by atoms with Gasteiger partial charge in [0.15, 0.2) is 0 Å². The lowest BCUT2D eigenvalue weighted by atomic mass is 9.86. The highest BCUT2D eigenvalue weighted by molar-refractivity contribution is 5.85. The largest absolute Gasteiger partial charge is 0.342 e. The molecule has 3 unspecified atom stereocenters. The van der Waals surface area contributed by atoms with Gasteiger partial charge in [-0.1, -0.05) is 45.0 Å². The highest BCUT2D eigenvalue weighted by atomic mass is 35.5. The van der Waals surface area contributed by atoms with Crippen LogP contribution in [-0.2, 0) is 16.6 Å². The van der Waals surface area contributed by atoms with Gasteiger partial charge in [0.2, 0.25) is 5.91 Å². The molecule has 4 heteroatoms. The van der Waals surface area contributed by atoms with Gasteiger partial charge in [-0.25, -0.2) is 0 Å². The number of aryl methyl sites for hydroxylation is 1. The van der Waals surface area contributed by atoms with Gasteiger partial charge in [-0.3, -0.25) is 4.79 Å². The Morgan fingerprint density at radius 3 is 2.42 bits per heavy atom. The Bertz CT molecular complexity index is 564. The van der Waals surface area contributed by atoms with Crippen LogP contribution in [0.15, 0.2) is 24.3 Å². The van der Waals surface area contributed by atoms with E-state index in [1.54, 1.807) is 0 Å². The number of likely N-dealkylation sites (tertiary alicyclic amines) is 1. The van der Waals surface area contributed by atoms with E-state index in [4.69, 9.17) is 5.73 Å². The minimum absolute atomic E-state index is 0. The Morgan fingerprint density at radius 2 is 1.83 bits per heavy atom. The van der Waals surface area contributed by atoms with E-state index in [0.717, 1.165) is 25.9 Å². The Morgan fingerprint density at radius 1 is 1.17 bits per heavy atom. The summed E-state index contributed by atoms with van der Waals surface area (Å²) in [6.45, 7) is 8.48. The van der Waals surface area contributed by atoms with E-state index in [2.05, 4.69) is 49.9 Å². The average molecular weight is 351 g/mol. The third-order valence-electron chi connectivity index (χ3n) is 5.71. The molecule has 0 spiro atoms. The molecule has 3 nitrogen and oxygen atoms in total. The molecular formula is C20H31ClN2O. The lowest BCUT2D eigenvalue weighted by Gasteiger charge is -2.20. The van der Waals surface area contributed by atoms with Crippen LogP contribution in [0.5, 0.6) is 0 Å². The molecule has 1 aromatic rings. The molecule has 1 aliphatic heterocycles. The fourth-order valence-electron chi connectivity index (χ4n) is 4.09. The summed E-state index contributed by atoms with van der Waals surface area (Å²) in [5, 5.41) is 0. The van der Waals surface area contributed by atoms with Crippen molar-refractivity contribution in [2.24, 2.45) is 17.6 Å². The lowest BCUT2D eigenvalue weighted by molar-refractivity contribution is -0.130. The van der Waals surface area contributed by atoms with Gasteiger partial charge < -0.3 is 10.6 Å². The van der Waals surface area contributed by atoms with E-state index in [-0.39, 0.29) is 17.8 Å². The molecule has 24 heavy (non-hydrogen) atoms. The molecule has 3 rings (SSSR count). The molecule has 1 saturated carbocycles. The maximum Gasteiger partial charge on any atom is 0.222 e. The molecule has 2 N–H and O–H groups in total. The third kappa shape index (κ3) is 4.12. The second kappa shape index (κ2) is 7.45. The maximum atomic E-state index is 12.5. The van der Waals surface area contributed by atoms with Gasteiger partial charge in [0, 0.05) is 25.6 Å². The predicted molar refractivity (Wildman–Crippen MR) is 101 cm³/mol. The first-order valence-corrected chi connectivity index (χ1v) is 8.97. The zero-order valence-electron chi connectivity index (χ0n) is 15.1. The standard InChI is InChI=1S/C20H30N2O.ClH/c1-20(2,3)16-8-4-14(5-9-16)6-11-19(23)22-12-15-7-10-18(21)17(15)13-22;/h4-5,8-9,15,17-18H,6-7,10-13,21H2,1-3H3;1H. The van der Waals surface area contributed by atoms with Crippen molar-refractivity contribution in [3.05, 3.63) is 35.4 Å². The Labute approximate surface area is 152 Å². The molecule has 3 atom stereocenters. The molecule has 1 aliphatic carbocycles. The van der Waals surface area contributed by atoms with Crippen LogP contribution in [0.4, 0.5) is 0 Å². The molecule has 0 radical (unpaired) electrons. The zero-order chi connectivity index (χ0) is 16.6. The van der Waals surface area contributed by atoms with Gasteiger partial charge in [-0.2, -0.15) is 0 Å². The van der Waals surface area contributed by atoms with Crippen LogP contribution < -0.4 is 5.73 Å². The minimum atomic E-state index is 0. The van der Waals surface area contributed by atoms with Crippen LogP contribution in [0.2, 0.25) is 0 Å². The SMILES string of the molecule is CC(C)(C)c1ccc(CCC(=O)N2CC3CCC(N)C3C2)cc1.Cl. The Balaban J connectivity index is 0.00000208. The van der Waals surface area contributed by atoms with Crippen molar-refractivity contribution in [2.45, 2.75) is 57.9 Å². The number of rotatable bonds is 3. The van der Waals surface area contributed by atoms with Gasteiger partial charge in [-0.05, 0) is 47.6 Å². The van der Waals surface area contributed by atoms with Crippen molar-refractivity contribution >= 4 is 18.3 Å². The summed E-state index contributed by atoms with van der Waals surface area (Å²) in [5.74, 6) is 1.50. The van der Waals surface area contributed by atoms with Crippen LogP contribution in [0.25, 0.3) is 0 Å². The Hall–Kier alpha value is -1.06. The first-order valence-electron chi connectivity index (χ1n) is 8.97. The number of halogens is 1. The highest BCUT2D eigenvalue weighted by Gasteiger charge is 2.42. The normalized spacial score (nSPS) is 26.2. The molecule has 2 aliphatic rings. The van der Waals surface area contributed by atoms with E-state index >= 15 is 0 Å². The summed E-state index contributed by atoms with van der Waals surface area (Å²) < 4.78 is 0. The van der Waals surface area contributed by atoms with Crippen LogP contribution in [0.3, 0.4) is 0 Å². The highest BCUT2D eigenvalue weighted by Crippen LogP contribution is 2.37. The van der Waals surface area contributed by atoms with Crippen LogP contribution in [0, 0.1) is 11.8 Å². The molecule has 1 amide bonds. The number of carbonyl (C=O) groups excluding carboxylic acids is 1. The molecule has 0 aromatic heterocycles. The number of benzene rings is 1. The summed E-state index contributed by atoms with van der Waals surface area (Å²) in [6, 6.07) is 9.03. The third-order valence-corrected chi connectivity index (χ3v) is 5.71. The number of nitrogens with zero attached hydrogens (tertiary/aromatic N) is 1. The smallest absolute Gasteiger partial charge is 0.222 e. The van der Waals surface area contributed by atoms with Gasteiger partial charge in [0.1, 0.15) is 0 Å². The van der Waals surface area contributed by atoms with Gasteiger partial charge in [-0.15, -0.1) is 12.4 Å². The van der Waals surface area contributed by atoms with E-state index in [9.17, 15) is 4.79 Å². The Kier molecular flexibility index (Phi) is 5.98. The molecule has 1 heterocycles. The van der Waals surface area contributed by atoms with Crippen LogP contribution in [-0.4, -0.2) is 29.9 Å². The molecule has 1 saturated heterocycles. The summed E-state index contributed by atoms with van der Waals surface area (Å²) in [5.41, 5.74) is 8.93. The summed E-state index contributed by atoms with van der Waals surface area (Å²) in [7, 11) is 0. The molecule has 134 valence electrons. The summed E-state index contributed by atoms with van der Waals surface area (Å²) in [6.07, 6.45) is 3.78. The van der Waals surface area contributed by atoms with E-state index in [1.165, 1.54) is 17.5 Å². The van der Waals surface area contributed by atoms with Crippen molar-refractivity contribution in [1.29, 1.82) is 0 Å². The first kappa shape index (κ1) is 19.3. The quantitative estimate of drug-likeness (QED) is 0.906. The summed E-state index contributed by atoms with van der Waals surface area (Å²) >= 11 is 0. The van der Waals surface area contributed by atoms with Crippen LogP contribution >= 0.6 is 12.4 Å². The van der Waals surface area contributed by atoms with Crippen molar-refractivity contribution in [2.75, 3.05) is 13.1 Å². The topological polar surface area (TPSA) is 46.3 Å². The molecule has 2 fully saturated rings. The number of hydrogen-bond acceptors (Lipinski definition) is 2. The second-order valence-corrected chi connectivity index (χ2v) is 8.41. The number of fused-ring (bicyclic) bond motifs is 1. The second-order valence-electron chi connectivity index (χ2n) is 8.41. The van der Waals surface area contributed by atoms with Crippen molar-refractivity contribution in [1.82, 2.24) is 4.90 Å².